The van der Waals surface area contributed by atoms with Crippen LogP contribution in [0.1, 0.15) is 5.56 Å². The van der Waals surface area contributed by atoms with Crippen molar-refractivity contribution in [3.63, 3.8) is 0 Å². The van der Waals surface area contributed by atoms with Crippen LogP contribution in [-0.2, 0) is 4.74 Å². The Hall–Kier alpha value is -0.870. The molecule has 1 rings (SSSR count). The first-order valence-corrected chi connectivity index (χ1v) is 4.82. The Labute approximate surface area is 88.6 Å². The van der Waals surface area contributed by atoms with E-state index in [4.69, 9.17) is 16.3 Å². The lowest BCUT2D eigenvalue weighted by atomic mass is 10.3. The quantitative estimate of drug-likeness (QED) is 0.756. The second kappa shape index (κ2) is 5.78. The number of methoxy groups -OCH3 is 1. The van der Waals surface area contributed by atoms with E-state index in [1.54, 1.807) is 13.3 Å². The fourth-order valence-electron chi connectivity index (χ4n) is 1.01. The van der Waals surface area contributed by atoms with Gasteiger partial charge < -0.3 is 10.1 Å². The molecule has 1 aromatic rings. The Kier molecular flexibility index (Phi) is 4.62. The molecule has 0 saturated heterocycles. The second-order valence-electron chi connectivity index (χ2n) is 3.05. The summed E-state index contributed by atoms with van der Waals surface area (Å²) in [6.45, 7) is 3.11. The van der Waals surface area contributed by atoms with Gasteiger partial charge in [-0.25, -0.2) is 0 Å². The number of rotatable bonds is 5. The van der Waals surface area contributed by atoms with E-state index >= 15 is 0 Å². The lowest BCUT2D eigenvalue weighted by molar-refractivity contribution is 0.200. The largest absolute Gasteiger partial charge is 0.383 e. The summed E-state index contributed by atoms with van der Waals surface area (Å²) in [4.78, 5) is 0. The Balaban J connectivity index is 2.37. The summed E-state index contributed by atoms with van der Waals surface area (Å²) in [5.41, 5.74) is 1.07. The van der Waals surface area contributed by atoms with Gasteiger partial charge in [-0.2, -0.15) is 5.10 Å². The Morgan fingerprint density at radius 1 is 1.64 bits per heavy atom. The van der Waals surface area contributed by atoms with Crippen LogP contribution in [0.15, 0.2) is 12.3 Å². The molecule has 0 aliphatic heterocycles. The maximum atomic E-state index is 5.93. The van der Waals surface area contributed by atoms with Crippen LogP contribution in [0, 0.1) is 6.92 Å². The average molecular weight is 216 g/mol. The average Bonchev–Trinajstić information content (AvgIpc) is 2.15. The maximum Gasteiger partial charge on any atom is 0.148 e. The van der Waals surface area contributed by atoms with Crippen LogP contribution in [0.4, 0.5) is 5.82 Å². The molecule has 0 bridgehead atoms. The molecule has 0 aliphatic rings. The normalized spacial score (nSPS) is 12.5. The number of alkyl halides is 1. The van der Waals surface area contributed by atoms with Crippen LogP contribution in [0.2, 0.25) is 0 Å². The predicted octanol–water partition coefficient (Wildman–Crippen LogP) is 1.45. The van der Waals surface area contributed by atoms with E-state index in [9.17, 15) is 0 Å². The molecule has 1 N–H and O–H groups in total. The van der Waals surface area contributed by atoms with Crippen LogP contribution in [0.25, 0.3) is 0 Å². The minimum Gasteiger partial charge on any atom is -0.383 e. The van der Waals surface area contributed by atoms with Gasteiger partial charge in [-0.3, -0.25) is 0 Å². The molecule has 78 valence electrons. The number of anilines is 1. The zero-order chi connectivity index (χ0) is 10.4. The van der Waals surface area contributed by atoms with Crippen LogP contribution in [0.5, 0.6) is 0 Å². The lowest BCUT2D eigenvalue weighted by Crippen LogP contribution is -2.19. The van der Waals surface area contributed by atoms with Crippen molar-refractivity contribution in [1.29, 1.82) is 0 Å². The van der Waals surface area contributed by atoms with Crippen LogP contribution in [-0.4, -0.2) is 35.8 Å². The van der Waals surface area contributed by atoms with E-state index in [2.05, 4.69) is 15.5 Å². The van der Waals surface area contributed by atoms with Gasteiger partial charge in [0.05, 0.1) is 18.2 Å². The number of halogens is 1. The summed E-state index contributed by atoms with van der Waals surface area (Å²) in [6, 6.07) is 1.92. The van der Waals surface area contributed by atoms with Gasteiger partial charge in [0.25, 0.3) is 0 Å². The maximum absolute atomic E-state index is 5.93. The van der Waals surface area contributed by atoms with E-state index in [-0.39, 0.29) is 5.38 Å². The summed E-state index contributed by atoms with van der Waals surface area (Å²) in [7, 11) is 1.63. The van der Waals surface area contributed by atoms with E-state index in [0.29, 0.717) is 13.2 Å². The van der Waals surface area contributed by atoms with E-state index < -0.39 is 0 Å². The second-order valence-corrected chi connectivity index (χ2v) is 3.67. The van der Waals surface area contributed by atoms with Gasteiger partial charge in [0, 0.05) is 13.7 Å². The number of ether oxygens (including phenoxy) is 1. The third-order valence-corrected chi connectivity index (χ3v) is 1.92. The van der Waals surface area contributed by atoms with Crippen molar-refractivity contribution in [3.8, 4) is 0 Å². The van der Waals surface area contributed by atoms with Crippen molar-refractivity contribution in [3.05, 3.63) is 17.8 Å². The molecule has 4 nitrogen and oxygen atoms in total. The fraction of sp³-hybridized carbons (Fsp3) is 0.556. The molecule has 0 spiro atoms. The molecule has 0 radical (unpaired) electrons. The van der Waals surface area contributed by atoms with Gasteiger partial charge >= 0.3 is 0 Å². The Morgan fingerprint density at radius 3 is 3.07 bits per heavy atom. The predicted molar refractivity (Wildman–Crippen MR) is 56.8 cm³/mol. The zero-order valence-corrected chi connectivity index (χ0v) is 9.08. The van der Waals surface area contributed by atoms with Crippen molar-refractivity contribution in [1.82, 2.24) is 10.2 Å². The highest BCUT2D eigenvalue weighted by Gasteiger charge is 2.03. The van der Waals surface area contributed by atoms with Gasteiger partial charge in [0.1, 0.15) is 5.82 Å². The molecule has 0 fully saturated rings. The molecule has 0 amide bonds. The first kappa shape index (κ1) is 11.2. The first-order valence-electron chi connectivity index (χ1n) is 4.38. The summed E-state index contributed by atoms with van der Waals surface area (Å²) in [5, 5.41) is 10.8. The third kappa shape index (κ3) is 3.89. The first-order chi connectivity index (χ1) is 6.72. The van der Waals surface area contributed by atoms with Gasteiger partial charge in [-0.1, -0.05) is 0 Å². The molecule has 14 heavy (non-hydrogen) atoms. The molecule has 1 heterocycles. The van der Waals surface area contributed by atoms with Crippen LogP contribution in [0.3, 0.4) is 0 Å². The van der Waals surface area contributed by atoms with Crippen molar-refractivity contribution >= 4 is 17.4 Å². The van der Waals surface area contributed by atoms with Crippen LogP contribution < -0.4 is 5.32 Å². The van der Waals surface area contributed by atoms with Crippen molar-refractivity contribution in [2.45, 2.75) is 12.3 Å². The Morgan fingerprint density at radius 2 is 2.43 bits per heavy atom. The number of hydrogen-bond acceptors (Lipinski definition) is 4. The highest BCUT2D eigenvalue weighted by atomic mass is 35.5. The number of nitrogens with zero attached hydrogens (tertiary/aromatic N) is 2. The summed E-state index contributed by atoms with van der Waals surface area (Å²) >= 11 is 5.93. The van der Waals surface area contributed by atoms with E-state index in [0.717, 1.165) is 11.4 Å². The number of aromatic nitrogens is 2. The molecule has 0 aromatic carbocycles. The van der Waals surface area contributed by atoms with Gasteiger partial charge in [0.15, 0.2) is 0 Å². The van der Waals surface area contributed by atoms with Crippen molar-refractivity contribution in [2.75, 3.05) is 25.6 Å². The van der Waals surface area contributed by atoms with Gasteiger partial charge in [-0.15, -0.1) is 16.7 Å². The van der Waals surface area contributed by atoms with Gasteiger partial charge in [-0.05, 0) is 18.6 Å². The third-order valence-electron chi connectivity index (χ3n) is 1.64. The van der Waals surface area contributed by atoms with Crippen molar-refractivity contribution < 1.29 is 4.74 Å². The standard InChI is InChI=1S/C9H14ClN3O/c1-7-3-9(13-12-4-7)11-5-8(10)6-14-2/h3-4,8H,5-6H2,1-2H3,(H,11,13). The molecular weight excluding hydrogens is 202 g/mol. The summed E-state index contributed by atoms with van der Waals surface area (Å²) in [6.07, 6.45) is 1.71. The number of hydrogen-bond donors (Lipinski definition) is 1. The molecule has 1 unspecified atom stereocenters. The number of aryl methyl sites for hydroxylation is 1. The van der Waals surface area contributed by atoms with Crippen molar-refractivity contribution in [2.24, 2.45) is 0 Å². The molecule has 0 saturated carbocycles. The summed E-state index contributed by atoms with van der Waals surface area (Å²) < 4.78 is 4.91. The van der Waals surface area contributed by atoms with Gasteiger partial charge in [0.2, 0.25) is 0 Å². The minimum absolute atomic E-state index is 0.0534. The lowest BCUT2D eigenvalue weighted by Gasteiger charge is -2.09. The van der Waals surface area contributed by atoms with E-state index in [1.165, 1.54) is 0 Å². The molecule has 1 aromatic heterocycles. The highest BCUT2D eigenvalue weighted by Crippen LogP contribution is 2.04. The Bertz CT molecular complexity index is 283. The zero-order valence-electron chi connectivity index (χ0n) is 8.33. The smallest absolute Gasteiger partial charge is 0.148 e. The number of nitrogens with one attached hydrogen (secondary N) is 1. The van der Waals surface area contributed by atoms with E-state index in [1.807, 2.05) is 13.0 Å². The molecule has 0 aliphatic carbocycles. The minimum atomic E-state index is -0.0534. The molecular formula is C9H14ClN3O. The van der Waals surface area contributed by atoms with Crippen LogP contribution >= 0.6 is 11.6 Å². The fourth-order valence-corrected chi connectivity index (χ4v) is 1.21. The topological polar surface area (TPSA) is 47.0 Å². The molecule has 5 heteroatoms. The monoisotopic (exact) mass is 215 g/mol. The SMILES string of the molecule is COCC(Cl)CNc1cc(C)cnn1. The highest BCUT2D eigenvalue weighted by molar-refractivity contribution is 6.21. The molecule has 1 atom stereocenters. The summed E-state index contributed by atoms with van der Waals surface area (Å²) in [5.74, 6) is 0.742.